The molecule has 0 atom stereocenters. The van der Waals surface area contributed by atoms with E-state index in [0.29, 0.717) is 38.4 Å². The smallest absolute Gasteiger partial charge is 0.222 e. The van der Waals surface area contributed by atoms with Gasteiger partial charge in [0.2, 0.25) is 11.7 Å². The van der Waals surface area contributed by atoms with Crippen LogP contribution in [0.2, 0.25) is 5.15 Å². The number of allylic oxidation sites excluding steroid dienone is 1. The Bertz CT molecular complexity index is 1030. The molecular formula is C19H25ClN10O2. The van der Waals surface area contributed by atoms with Crippen molar-refractivity contribution >= 4 is 34.9 Å². The summed E-state index contributed by atoms with van der Waals surface area (Å²) in [4.78, 5) is 38.7. The van der Waals surface area contributed by atoms with Gasteiger partial charge in [-0.25, -0.2) is 15.0 Å². The molecule has 2 fully saturated rings. The lowest BCUT2D eigenvalue weighted by Gasteiger charge is -2.39. The monoisotopic (exact) mass is 460 g/mol. The summed E-state index contributed by atoms with van der Waals surface area (Å²) in [7, 11) is 0. The zero-order valence-corrected chi connectivity index (χ0v) is 18.2. The lowest BCUT2D eigenvalue weighted by Crippen LogP contribution is -2.53. The fourth-order valence-electron chi connectivity index (χ4n) is 3.93. The maximum atomic E-state index is 12.6. The standard InChI is InChI=1S/C19H25ClN10O2/c20-16-18(22)27-17(21)15(26-16)12(31)8-13-24-9-19(28-13)3-6-29(7-4-19)14(32)2-1-5-30-11-23-10-25-30/h8,10-11,24,28H,1-7,9H2,(H4,21,22,27)/b13-8+. The van der Waals surface area contributed by atoms with Crippen LogP contribution in [0.5, 0.6) is 0 Å². The van der Waals surface area contributed by atoms with E-state index < -0.39 is 5.78 Å². The second-order valence-electron chi connectivity index (χ2n) is 7.96. The average molecular weight is 461 g/mol. The van der Waals surface area contributed by atoms with Crippen LogP contribution >= 0.6 is 11.6 Å². The van der Waals surface area contributed by atoms with Gasteiger partial charge >= 0.3 is 0 Å². The molecule has 4 heterocycles. The van der Waals surface area contributed by atoms with Crippen molar-refractivity contribution in [3.05, 3.63) is 35.4 Å². The Morgan fingerprint density at radius 1 is 1.22 bits per heavy atom. The number of amides is 1. The molecule has 0 unspecified atom stereocenters. The molecule has 0 radical (unpaired) electrons. The van der Waals surface area contributed by atoms with Crippen molar-refractivity contribution in [2.45, 2.75) is 37.8 Å². The van der Waals surface area contributed by atoms with Gasteiger partial charge in [0.1, 0.15) is 18.5 Å². The van der Waals surface area contributed by atoms with Crippen molar-refractivity contribution in [1.29, 1.82) is 0 Å². The summed E-state index contributed by atoms with van der Waals surface area (Å²) in [5.74, 6) is 0.202. The van der Waals surface area contributed by atoms with Crippen LogP contribution < -0.4 is 22.1 Å². The molecule has 2 aromatic heterocycles. The van der Waals surface area contributed by atoms with Crippen molar-refractivity contribution in [3.63, 3.8) is 0 Å². The van der Waals surface area contributed by atoms with Crippen molar-refractivity contribution in [3.8, 4) is 0 Å². The Morgan fingerprint density at radius 3 is 2.72 bits per heavy atom. The normalized spacial score (nSPS) is 18.5. The van der Waals surface area contributed by atoms with Gasteiger partial charge in [0.05, 0.1) is 5.54 Å². The minimum absolute atomic E-state index is 0.0239. The fraction of sp³-hybridized carbons (Fsp3) is 0.474. The predicted molar refractivity (Wildman–Crippen MR) is 117 cm³/mol. The number of aryl methyl sites for hydroxylation is 1. The quantitative estimate of drug-likeness (QED) is 0.338. The summed E-state index contributed by atoms with van der Waals surface area (Å²) >= 11 is 5.86. The van der Waals surface area contributed by atoms with E-state index in [-0.39, 0.29) is 33.9 Å². The molecule has 2 saturated heterocycles. The Morgan fingerprint density at radius 2 is 2.00 bits per heavy atom. The number of aromatic nitrogens is 5. The van der Waals surface area contributed by atoms with Gasteiger partial charge in [0, 0.05) is 38.7 Å². The average Bonchev–Trinajstić information content (AvgIpc) is 3.41. The first kappa shape index (κ1) is 21.8. The molecule has 0 aromatic carbocycles. The van der Waals surface area contributed by atoms with Gasteiger partial charge in [0.15, 0.2) is 22.5 Å². The highest BCUT2D eigenvalue weighted by molar-refractivity contribution is 6.31. The van der Waals surface area contributed by atoms with Crippen LogP contribution in [0.25, 0.3) is 0 Å². The van der Waals surface area contributed by atoms with Crippen LogP contribution in [0.4, 0.5) is 11.6 Å². The van der Waals surface area contributed by atoms with Gasteiger partial charge in [-0.2, -0.15) is 5.10 Å². The molecule has 1 amide bonds. The van der Waals surface area contributed by atoms with Gasteiger partial charge < -0.3 is 27.0 Å². The van der Waals surface area contributed by atoms with Crippen molar-refractivity contribution in [1.82, 2.24) is 40.3 Å². The Hall–Kier alpha value is -3.41. The van der Waals surface area contributed by atoms with Gasteiger partial charge in [-0.3, -0.25) is 14.3 Å². The molecular weight excluding hydrogens is 436 g/mol. The highest BCUT2D eigenvalue weighted by Crippen LogP contribution is 2.27. The molecule has 32 heavy (non-hydrogen) atoms. The number of anilines is 2. The van der Waals surface area contributed by atoms with Crippen molar-refractivity contribution in [2.24, 2.45) is 0 Å². The maximum Gasteiger partial charge on any atom is 0.222 e. The number of ketones is 1. The topological polar surface area (TPSA) is 170 Å². The zero-order valence-electron chi connectivity index (χ0n) is 17.4. The van der Waals surface area contributed by atoms with Crippen LogP contribution in [0.15, 0.2) is 24.6 Å². The number of carbonyl (C=O) groups excluding carboxylic acids is 2. The molecule has 0 bridgehead atoms. The van der Waals surface area contributed by atoms with Gasteiger partial charge in [-0.15, -0.1) is 0 Å². The van der Waals surface area contributed by atoms with E-state index in [0.717, 1.165) is 19.3 Å². The van der Waals surface area contributed by atoms with E-state index in [2.05, 4.69) is 30.7 Å². The Kier molecular flexibility index (Phi) is 6.12. The highest BCUT2D eigenvalue weighted by Gasteiger charge is 2.39. The number of halogens is 1. The summed E-state index contributed by atoms with van der Waals surface area (Å²) in [6.07, 6.45) is 7.27. The molecule has 12 nitrogen and oxygen atoms in total. The van der Waals surface area contributed by atoms with E-state index in [9.17, 15) is 9.59 Å². The molecule has 170 valence electrons. The molecule has 1 spiro atoms. The van der Waals surface area contributed by atoms with Gasteiger partial charge in [-0.1, -0.05) is 11.6 Å². The number of piperidine rings is 1. The lowest BCUT2D eigenvalue weighted by molar-refractivity contribution is -0.132. The van der Waals surface area contributed by atoms with E-state index in [4.69, 9.17) is 23.1 Å². The summed E-state index contributed by atoms with van der Waals surface area (Å²) in [5.41, 5.74) is 11.1. The van der Waals surface area contributed by atoms with E-state index in [1.54, 1.807) is 11.0 Å². The Balaban J connectivity index is 1.29. The first-order valence-corrected chi connectivity index (χ1v) is 10.7. The summed E-state index contributed by atoms with van der Waals surface area (Å²) in [6.45, 7) is 2.64. The van der Waals surface area contributed by atoms with Crippen molar-refractivity contribution < 1.29 is 9.59 Å². The molecule has 2 aliphatic rings. The summed E-state index contributed by atoms with van der Waals surface area (Å²) < 4.78 is 1.72. The lowest BCUT2D eigenvalue weighted by atomic mass is 9.88. The number of hydrogen-bond donors (Lipinski definition) is 4. The largest absolute Gasteiger partial charge is 0.382 e. The van der Waals surface area contributed by atoms with Crippen LogP contribution in [-0.4, -0.2) is 66.5 Å². The van der Waals surface area contributed by atoms with Crippen LogP contribution in [0, 0.1) is 0 Å². The van der Waals surface area contributed by atoms with Gasteiger partial charge in [0.25, 0.3) is 0 Å². The number of nitrogens with one attached hydrogen (secondary N) is 2. The third-order valence-corrected chi connectivity index (χ3v) is 6.03. The Labute approximate surface area is 189 Å². The van der Waals surface area contributed by atoms with E-state index >= 15 is 0 Å². The molecule has 0 saturated carbocycles. The number of nitrogens with zero attached hydrogens (tertiary/aromatic N) is 6. The number of nitrogen functional groups attached to an aromatic ring is 2. The molecule has 2 aromatic rings. The summed E-state index contributed by atoms with van der Waals surface area (Å²) in [5, 5.41) is 10.6. The van der Waals surface area contributed by atoms with Crippen LogP contribution in [0.3, 0.4) is 0 Å². The van der Waals surface area contributed by atoms with Gasteiger partial charge in [-0.05, 0) is 19.3 Å². The van der Waals surface area contributed by atoms with E-state index in [1.807, 2.05) is 4.90 Å². The third-order valence-electron chi connectivity index (χ3n) is 5.75. The highest BCUT2D eigenvalue weighted by atomic mass is 35.5. The number of rotatable bonds is 6. The van der Waals surface area contributed by atoms with E-state index in [1.165, 1.54) is 12.4 Å². The van der Waals surface area contributed by atoms with Crippen molar-refractivity contribution in [2.75, 3.05) is 31.1 Å². The predicted octanol–water partition coefficient (Wildman–Crippen LogP) is -0.0556. The van der Waals surface area contributed by atoms with Crippen LogP contribution in [-0.2, 0) is 11.3 Å². The second-order valence-corrected chi connectivity index (χ2v) is 8.32. The minimum atomic E-state index is -0.427. The third kappa shape index (κ3) is 4.74. The summed E-state index contributed by atoms with van der Waals surface area (Å²) in [6, 6.07) is 0. The number of nitrogens with two attached hydrogens (primary N) is 2. The zero-order chi connectivity index (χ0) is 22.7. The SMILES string of the molecule is Nc1nc(N)c(C(=O)/C=C2\NCC3(CCN(C(=O)CCCn4cncn4)CC3)N2)nc1Cl. The number of carbonyl (C=O) groups is 2. The number of hydrogen-bond acceptors (Lipinski definition) is 10. The fourth-order valence-corrected chi connectivity index (χ4v) is 4.06. The first-order chi connectivity index (χ1) is 15.3. The minimum Gasteiger partial charge on any atom is -0.382 e. The molecule has 6 N–H and O–H groups in total. The van der Waals surface area contributed by atoms with Crippen LogP contribution in [0.1, 0.15) is 36.2 Å². The first-order valence-electron chi connectivity index (χ1n) is 10.3. The molecule has 4 rings (SSSR count). The molecule has 0 aliphatic carbocycles. The molecule has 2 aliphatic heterocycles. The second kappa shape index (κ2) is 8.99. The number of likely N-dealkylation sites (tertiary alicyclic amines) is 1. The maximum absolute atomic E-state index is 12.6. The molecule has 13 heteroatoms.